The quantitative estimate of drug-likeness (QED) is 0.641. The minimum absolute atomic E-state index is 0.691. The molecule has 0 radical (unpaired) electrons. The van der Waals surface area contributed by atoms with E-state index in [4.69, 9.17) is 0 Å². The van der Waals surface area contributed by atoms with Crippen molar-refractivity contribution >= 4 is 11.8 Å². The highest BCUT2D eigenvalue weighted by atomic mass is 32.2. The Morgan fingerprint density at radius 2 is 2.00 bits per heavy atom. The summed E-state index contributed by atoms with van der Waals surface area (Å²) < 4.78 is 0. The van der Waals surface area contributed by atoms with Crippen LogP contribution in [-0.2, 0) is 0 Å². The number of nitrogens with one attached hydrogen (secondary N) is 1. The van der Waals surface area contributed by atoms with Crippen LogP contribution in [0.2, 0.25) is 0 Å². The molecule has 0 atom stereocenters. The summed E-state index contributed by atoms with van der Waals surface area (Å²) in [6.07, 6.45) is 4.19. The normalized spacial score (nSPS) is 20.5. The van der Waals surface area contributed by atoms with Crippen molar-refractivity contribution in [2.45, 2.75) is 33.1 Å². The molecule has 1 aliphatic heterocycles. The molecule has 1 aliphatic rings. The maximum Gasteiger partial charge on any atom is 0.00205 e. The summed E-state index contributed by atoms with van der Waals surface area (Å²) in [4.78, 5) is 0. The molecule has 12 heavy (non-hydrogen) atoms. The van der Waals surface area contributed by atoms with Crippen LogP contribution in [0.15, 0.2) is 0 Å². The fraction of sp³-hybridized carbons (Fsp3) is 1.00. The van der Waals surface area contributed by atoms with Crippen molar-refractivity contribution in [3.05, 3.63) is 0 Å². The maximum atomic E-state index is 3.40. The van der Waals surface area contributed by atoms with Gasteiger partial charge in [-0.1, -0.05) is 20.3 Å². The number of thioether (sulfide) groups is 1. The van der Waals surface area contributed by atoms with E-state index in [0.717, 1.165) is 0 Å². The molecular formula is C10H21NS. The van der Waals surface area contributed by atoms with Crippen LogP contribution in [0.4, 0.5) is 0 Å². The summed E-state index contributed by atoms with van der Waals surface area (Å²) >= 11 is 2.08. The van der Waals surface area contributed by atoms with Crippen LogP contribution >= 0.6 is 11.8 Å². The molecule has 1 fully saturated rings. The molecule has 0 unspecified atom stereocenters. The first kappa shape index (κ1) is 10.4. The van der Waals surface area contributed by atoms with Crippen LogP contribution in [0.25, 0.3) is 0 Å². The molecule has 1 nitrogen and oxygen atoms in total. The average Bonchev–Trinajstić information content (AvgIpc) is 2.00. The summed E-state index contributed by atoms with van der Waals surface area (Å²) in [5.74, 6) is 2.63. The number of hydrogen-bond donors (Lipinski definition) is 1. The van der Waals surface area contributed by atoms with E-state index in [1.165, 1.54) is 43.9 Å². The van der Waals surface area contributed by atoms with E-state index in [1.807, 2.05) is 0 Å². The van der Waals surface area contributed by atoms with Gasteiger partial charge in [-0.3, -0.25) is 0 Å². The molecule has 1 heterocycles. The first-order valence-corrected chi connectivity index (χ1v) is 6.27. The Hall–Kier alpha value is 0.310. The van der Waals surface area contributed by atoms with Gasteiger partial charge in [0.25, 0.3) is 0 Å². The first-order chi connectivity index (χ1) is 5.83. The summed E-state index contributed by atoms with van der Waals surface area (Å²) in [5, 5.41) is 3.40. The molecule has 1 saturated heterocycles. The fourth-order valence-corrected chi connectivity index (χ4v) is 2.79. The van der Waals surface area contributed by atoms with Crippen molar-refractivity contribution in [1.29, 1.82) is 0 Å². The third kappa shape index (κ3) is 2.67. The Bertz CT molecular complexity index is 121. The lowest BCUT2D eigenvalue weighted by Gasteiger charge is -2.43. The van der Waals surface area contributed by atoms with Gasteiger partial charge in [-0.2, -0.15) is 11.8 Å². The fourth-order valence-electron chi connectivity index (χ4n) is 1.92. The highest BCUT2D eigenvalue weighted by Gasteiger charge is 2.34. The molecule has 0 aliphatic carbocycles. The van der Waals surface area contributed by atoms with Crippen LogP contribution in [0, 0.1) is 5.41 Å². The highest BCUT2D eigenvalue weighted by molar-refractivity contribution is 7.99. The third-order valence-electron chi connectivity index (χ3n) is 2.76. The monoisotopic (exact) mass is 187 g/mol. The van der Waals surface area contributed by atoms with Gasteiger partial charge < -0.3 is 5.32 Å². The number of rotatable bonds is 6. The Morgan fingerprint density at radius 1 is 1.25 bits per heavy atom. The lowest BCUT2D eigenvalue weighted by atomic mass is 9.75. The molecule has 2 heteroatoms. The SMILES string of the molecule is CCCC1(CCSCC)CNC1. The predicted octanol–water partition coefficient (Wildman–Crippen LogP) is 2.52. The molecule has 0 bridgehead atoms. The minimum Gasteiger partial charge on any atom is -0.316 e. The van der Waals surface area contributed by atoms with E-state index in [0.29, 0.717) is 5.41 Å². The summed E-state index contributed by atoms with van der Waals surface area (Å²) in [7, 11) is 0. The van der Waals surface area contributed by atoms with Crippen LogP contribution in [0.1, 0.15) is 33.1 Å². The molecular weight excluding hydrogens is 166 g/mol. The van der Waals surface area contributed by atoms with Crippen molar-refractivity contribution in [3.8, 4) is 0 Å². The van der Waals surface area contributed by atoms with Gasteiger partial charge >= 0.3 is 0 Å². The van der Waals surface area contributed by atoms with Crippen LogP contribution in [-0.4, -0.2) is 24.6 Å². The Labute approximate surface area is 80.7 Å². The summed E-state index contributed by atoms with van der Waals surface area (Å²) in [6, 6.07) is 0. The molecule has 72 valence electrons. The molecule has 0 aromatic heterocycles. The van der Waals surface area contributed by atoms with Crippen molar-refractivity contribution in [2.75, 3.05) is 24.6 Å². The standard InChI is InChI=1S/C10H21NS/c1-3-5-10(8-11-9-10)6-7-12-4-2/h11H,3-9H2,1-2H3. The summed E-state index contributed by atoms with van der Waals surface area (Å²) in [5.41, 5.74) is 0.691. The topological polar surface area (TPSA) is 12.0 Å². The first-order valence-electron chi connectivity index (χ1n) is 5.11. The minimum atomic E-state index is 0.691. The van der Waals surface area contributed by atoms with Crippen molar-refractivity contribution in [1.82, 2.24) is 5.32 Å². The van der Waals surface area contributed by atoms with E-state index in [-0.39, 0.29) is 0 Å². The van der Waals surface area contributed by atoms with E-state index in [1.54, 1.807) is 0 Å². The maximum absolute atomic E-state index is 3.40. The lowest BCUT2D eigenvalue weighted by molar-refractivity contribution is 0.146. The van der Waals surface area contributed by atoms with E-state index in [2.05, 4.69) is 30.9 Å². The van der Waals surface area contributed by atoms with Crippen LogP contribution in [0.3, 0.4) is 0 Å². The molecule has 1 rings (SSSR count). The third-order valence-corrected chi connectivity index (χ3v) is 3.66. The van der Waals surface area contributed by atoms with Gasteiger partial charge in [0.2, 0.25) is 0 Å². The van der Waals surface area contributed by atoms with Gasteiger partial charge in [-0.05, 0) is 29.8 Å². The van der Waals surface area contributed by atoms with Gasteiger partial charge in [0, 0.05) is 13.1 Å². The zero-order valence-corrected chi connectivity index (χ0v) is 9.17. The largest absolute Gasteiger partial charge is 0.316 e. The predicted molar refractivity (Wildman–Crippen MR) is 57.8 cm³/mol. The van der Waals surface area contributed by atoms with E-state index >= 15 is 0 Å². The average molecular weight is 187 g/mol. The van der Waals surface area contributed by atoms with Crippen molar-refractivity contribution in [2.24, 2.45) is 5.41 Å². The Morgan fingerprint density at radius 3 is 2.42 bits per heavy atom. The van der Waals surface area contributed by atoms with E-state index in [9.17, 15) is 0 Å². The van der Waals surface area contributed by atoms with Gasteiger partial charge in [-0.15, -0.1) is 0 Å². The summed E-state index contributed by atoms with van der Waals surface area (Å²) in [6.45, 7) is 7.08. The molecule has 0 spiro atoms. The van der Waals surface area contributed by atoms with Crippen molar-refractivity contribution in [3.63, 3.8) is 0 Å². The van der Waals surface area contributed by atoms with Gasteiger partial charge in [-0.25, -0.2) is 0 Å². The second kappa shape index (κ2) is 5.13. The molecule has 0 amide bonds. The van der Waals surface area contributed by atoms with Crippen LogP contribution in [0.5, 0.6) is 0 Å². The zero-order valence-electron chi connectivity index (χ0n) is 8.36. The second-order valence-electron chi connectivity index (χ2n) is 3.80. The second-order valence-corrected chi connectivity index (χ2v) is 5.19. The van der Waals surface area contributed by atoms with Gasteiger partial charge in [0.15, 0.2) is 0 Å². The lowest BCUT2D eigenvalue weighted by Crippen LogP contribution is -2.53. The molecule has 0 saturated carbocycles. The Kier molecular flexibility index (Phi) is 4.44. The smallest absolute Gasteiger partial charge is 0.00205 e. The van der Waals surface area contributed by atoms with E-state index < -0.39 is 0 Å². The molecule has 0 aromatic carbocycles. The van der Waals surface area contributed by atoms with Gasteiger partial charge in [0.1, 0.15) is 0 Å². The van der Waals surface area contributed by atoms with Crippen molar-refractivity contribution < 1.29 is 0 Å². The highest BCUT2D eigenvalue weighted by Crippen LogP contribution is 2.33. The number of hydrogen-bond acceptors (Lipinski definition) is 2. The molecule has 1 N–H and O–H groups in total. The molecule has 0 aromatic rings. The van der Waals surface area contributed by atoms with Gasteiger partial charge in [0.05, 0.1) is 0 Å². The zero-order chi connectivity index (χ0) is 8.86. The Balaban J connectivity index is 2.15. The van der Waals surface area contributed by atoms with Crippen LogP contribution < -0.4 is 5.32 Å².